The number of carbonyl (C=O) groups excluding carboxylic acids is 1. The third-order valence-corrected chi connectivity index (χ3v) is 2.67. The number of hydrogen-bond acceptors (Lipinski definition) is 3. The Kier molecular flexibility index (Phi) is 2.37. The minimum absolute atomic E-state index is 0.295. The molecular formula is C13H8FN3O. The molecule has 18 heavy (non-hydrogen) atoms. The quantitative estimate of drug-likeness (QED) is 0.647. The summed E-state index contributed by atoms with van der Waals surface area (Å²) in [6, 6.07) is 7.67. The van der Waals surface area contributed by atoms with Crippen molar-refractivity contribution in [2.24, 2.45) is 0 Å². The highest BCUT2D eigenvalue weighted by Crippen LogP contribution is 2.18. The van der Waals surface area contributed by atoms with Crippen LogP contribution >= 0.6 is 0 Å². The topological polar surface area (TPSA) is 47.8 Å². The maximum atomic E-state index is 12.9. The van der Waals surface area contributed by atoms with Crippen molar-refractivity contribution in [1.82, 2.24) is 14.8 Å². The summed E-state index contributed by atoms with van der Waals surface area (Å²) in [4.78, 5) is 14.6. The van der Waals surface area contributed by atoms with E-state index >= 15 is 0 Å². The van der Waals surface area contributed by atoms with Crippen LogP contribution in [0.5, 0.6) is 0 Å². The molecule has 0 radical (unpaired) electrons. The van der Waals surface area contributed by atoms with Crippen molar-refractivity contribution in [2.75, 3.05) is 0 Å². The van der Waals surface area contributed by atoms with E-state index in [9.17, 15) is 9.18 Å². The first-order valence-electron chi connectivity index (χ1n) is 5.33. The van der Waals surface area contributed by atoms with Gasteiger partial charge in [0, 0.05) is 5.39 Å². The highest BCUT2D eigenvalue weighted by Gasteiger charge is 2.06. The predicted octanol–water partition coefficient (Wildman–Crippen LogP) is 2.37. The van der Waals surface area contributed by atoms with Crippen molar-refractivity contribution < 1.29 is 9.18 Å². The molecular weight excluding hydrogens is 233 g/mol. The second kappa shape index (κ2) is 4.03. The van der Waals surface area contributed by atoms with E-state index in [0.717, 1.165) is 16.6 Å². The van der Waals surface area contributed by atoms with Gasteiger partial charge in [-0.1, -0.05) is 0 Å². The monoisotopic (exact) mass is 241 g/mol. The van der Waals surface area contributed by atoms with Gasteiger partial charge in [0.25, 0.3) is 0 Å². The first-order valence-corrected chi connectivity index (χ1v) is 5.33. The summed E-state index contributed by atoms with van der Waals surface area (Å²) in [7, 11) is 0. The first-order chi connectivity index (χ1) is 8.78. The molecule has 4 nitrogen and oxygen atoms in total. The van der Waals surface area contributed by atoms with Gasteiger partial charge >= 0.3 is 0 Å². The standard InChI is InChI=1S/C13H8FN3O/c14-10-1-3-12(4-2-10)17-13-7-15-11(8-18)5-9(13)6-16-17/h1-8H. The Bertz CT molecular complexity index is 719. The van der Waals surface area contributed by atoms with Crippen molar-refractivity contribution in [2.45, 2.75) is 0 Å². The molecule has 0 saturated heterocycles. The van der Waals surface area contributed by atoms with Crippen molar-refractivity contribution in [3.05, 3.63) is 54.2 Å². The molecule has 3 aromatic rings. The Morgan fingerprint density at radius 2 is 1.94 bits per heavy atom. The minimum atomic E-state index is -0.295. The van der Waals surface area contributed by atoms with Gasteiger partial charge < -0.3 is 0 Å². The largest absolute Gasteiger partial charge is 0.296 e. The SMILES string of the molecule is O=Cc1cc2cnn(-c3ccc(F)cc3)c2cn1. The number of pyridine rings is 1. The predicted molar refractivity (Wildman–Crippen MR) is 64.2 cm³/mol. The summed E-state index contributed by atoms with van der Waals surface area (Å²) in [5.74, 6) is -0.295. The Labute approximate surface area is 102 Å². The normalized spacial score (nSPS) is 10.7. The number of nitrogens with zero attached hydrogens (tertiary/aromatic N) is 3. The van der Waals surface area contributed by atoms with Crippen LogP contribution in [0.4, 0.5) is 4.39 Å². The van der Waals surface area contributed by atoms with Gasteiger partial charge in [-0.05, 0) is 30.3 Å². The van der Waals surface area contributed by atoms with Gasteiger partial charge in [-0.3, -0.25) is 9.78 Å². The van der Waals surface area contributed by atoms with Crippen LogP contribution in [0, 0.1) is 5.82 Å². The van der Waals surface area contributed by atoms with Gasteiger partial charge in [0.05, 0.1) is 23.6 Å². The van der Waals surface area contributed by atoms with E-state index in [0.29, 0.717) is 12.0 Å². The lowest BCUT2D eigenvalue weighted by atomic mass is 10.2. The van der Waals surface area contributed by atoms with E-state index in [4.69, 9.17) is 0 Å². The number of aromatic nitrogens is 3. The summed E-state index contributed by atoms with van der Waals surface area (Å²) in [6.45, 7) is 0. The van der Waals surface area contributed by atoms with Crippen LogP contribution < -0.4 is 0 Å². The molecule has 0 saturated carbocycles. The lowest BCUT2D eigenvalue weighted by Crippen LogP contribution is -1.96. The molecule has 5 heteroatoms. The molecule has 0 fully saturated rings. The van der Waals surface area contributed by atoms with Crippen LogP contribution in [0.1, 0.15) is 10.5 Å². The molecule has 88 valence electrons. The zero-order chi connectivity index (χ0) is 12.5. The number of aldehydes is 1. The third-order valence-electron chi connectivity index (χ3n) is 2.67. The number of halogens is 1. The van der Waals surface area contributed by atoms with Gasteiger partial charge in [-0.15, -0.1) is 0 Å². The summed E-state index contributed by atoms with van der Waals surface area (Å²) in [5.41, 5.74) is 1.88. The fraction of sp³-hybridized carbons (Fsp3) is 0. The molecule has 0 atom stereocenters. The van der Waals surface area contributed by atoms with E-state index in [-0.39, 0.29) is 5.82 Å². The number of fused-ring (bicyclic) bond motifs is 1. The van der Waals surface area contributed by atoms with Crippen LogP contribution in [0.3, 0.4) is 0 Å². The lowest BCUT2D eigenvalue weighted by molar-refractivity contribution is 0.111. The molecule has 2 heterocycles. The van der Waals surface area contributed by atoms with Crippen LogP contribution in [-0.4, -0.2) is 21.1 Å². The van der Waals surface area contributed by atoms with Gasteiger partial charge in [-0.2, -0.15) is 5.10 Å². The van der Waals surface area contributed by atoms with Crippen molar-refractivity contribution >= 4 is 17.2 Å². The Hall–Kier alpha value is -2.56. The van der Waals surface area contributed by atoms with Gasteiger partial charge in [0.15, 0.2) is 6.29 Å². The molecule has 0 aliphatic rings. The maximum absolute atomic E-state index is 12.9. The number of carbonyl (C=O) groups is 1. The molecule has 0 bridgehead atoms. The highest BCUT2D eigenvalue weighted by atomic mass is 19.1. The average Bonchev–Trinajstić information content (AvgIpc) is 2.82. The molecule has 0 aliphatic heterocycles. The lowest BCUT2D eigenvalue weighted by Gasteiger charge is -2.02. The van der Waals surface area contributed by atoms with Crippen LogP contribution in [0.25, 0.3) is 16.6 Å². The van der Waals surface area contributed by atoms with Gasteiger partial charge in [-0.25, -0.2) is 9.07 Å². The number of hydrogen-bond donors (Lipinski definition) is 0. The fourth-order valence-electron chi connectivity index (χ4n) is 1.80. The molecule has 1 aromatic carbocycles. The van der Waals surface area contributed by atoms with E-state index in [1.165, 1.54) is 12.1 Å². The van der Waals surface area contributed by atoms with Crippen LogP contribution in [0.15, 0.2) is 42.7 Å². The molecule has 0 spiro atoms. The molecule has 0 aliphatic carbocycles. The van der Waals surface area contributed by atoms with E-state index in [2.05, 4.69) is 10.1 Å². The zero-order valence-electron chi connectivity index (χ0n) is 9.25. The Morgan fingerprint density at radius 3 is 2.67 bits per heavy atom. The molecule has 0 unspecified atom stereocenters. The van der Waals surface area contributed by atoms with Crippen molar-refractivity contribution in [3.63, 3.8) is 0 Å². The smallest absolute Gasteiger partial charge is 0.168 e. The molecule has 3 rings (SSSR count). The van der Waals surface area contributed by atoms with Crippen molar-refractivity contribution in [1.29, 1.82) is 0 Å². The number of rotatable bonds is 2. The third kappa shape index (κ3) is 1.66. The first kappa shape index (κ1) is 10.6. The summed E-state index contributed by atoms with van der Waals surface area (Å²) in [5, 5.41) is 5.03. The van der Waals surface area contributed by atoms with Crippen LogP contribution in [0.2, 0.25) is 0 Å². The minimum Gasteiger partial charge on any atom is -0.296 e. The van der Waals surface area contributed by atoms with E-state index in [1.54, 1.807) is 35.3 Å². The molecule has 0 amide bonds. The highest BCUT2D eigenvalue weighted by molar-refractivity contribution is 5.85. The van der Waals surface area contributed by atoms with E-state index in [1.807, 2.05) is 0 Å². The van der Waals surface area contributed by atoms with Gasteiger partial charge in [0.2, 0.25) is 0 Å². The summed E-state index contributed by atoms with van der Waals surface area (Å²) >= 11 is 0. The second-order valence-corrected chi connectivity index (χ2v) is 3.82. The summed E-state index contributed by atoms with van der Waals surface area (Å²) < 4.78 is 14.5. The Balaban J connectivity index is 2.18. The molecule has 2 aromatic heterocycles. The van der Waals surface area contributed by atoms with E-state index < -0.39 is 0 Å². The van der Waals surface area contributed by atoms with Gasteiger partial charge in [0.1, 0.15) is 11.5 Å². The fourth-order valence-corrected chi connectivity index (χ4v) is 1.80. The van der Waals surface area contributed by atoms with Crippen molar-refractivity contribution in [3.8, 4) is 5.69 Å². The Morgan fingerprint density at radius 1 is 1.17 bits per heavy atom. The average molecular weight is 241 g/mol. The molecule has 0 N–H and O–H groups in total. The number of benzene rings is 1. The summed E-state index contributed by atoms with van der Waals surface area (Å²) in [6.07, 6.45) is 3.91. The second-order valence-electron chi connectivity index (χ2n) is 3.82. The zero-order valence-corrected chi connectivity index (χ0v) is 9.25. The maximum Gasteiger partial charge on any atom is 0.168 e. The van der Waals surface area contributed by atoms with Crippen LogP contribution in [-0.2, 0) is 0 Å².